The van der Waals surface area contributed by atoms with E-state index in [1.54, 1.807) is 30.3 Å². The van der Waals surface area contributed by atoms with Gasteiger partial charge in [-0.15, -0.1) is 11.3 Å². The smallest absolute Gasteiger partial charge is 0.336 e. The summed E-state index contributed by atoms with van der Waals surface area (Å²) in [6, 6.07) is 13.6. The van der Waals surface area contributed by atoms with E-state index >= 15 is 0 Å². The van der Waals surface area contributed by atoms with E-state index in [4.69, 9.17) is 4.74 Å². The van der Waals surface area contributed by atoms with Gasteiger partial charge in [0.1, 0.15) is 18.1 Å². The Morgan fingerprint density at radius 3 is 2.71 bits per heavy atom. The average molecular weight is 300 g/mol. The van der Waals surface area contributed by atoms with Crippen LogP contribution in [0.15, 0.2) is 48.5 Å². The van der Waals surface area contributed by atoms with Crippen LogP contribution in [0.1, 0.15) is 15.2 Å². The molecule has 0 bridgehead atoms. The molecule has 1 heterocycles. The van der Waals surface area contributed by atoms with Crippen molar-refractivity contribution in [3.05, 3.63) is 59.0 Å². The summed E-state index contributed by atoms with van der Waals surface area (Å²) in [6.45, 7) is 0.335. The Morgan fingerprint density at radius 1 is 1.14 bits per heavy atom. The summed E-state index contributed by atoms with van der Waals surface area (Å²) in [6.07, 6.45) is 0. The average Bonchev–Trinajstić information content (AvgIpc) is 2.87. The SMILES string of the molecule is O=C(O)c1cccc2sc(COc3cccc(O)c3)cc12. The Bertz CT molecular complexity index is 807. The quantitative estimate of drug-likeness (QED) is 0.767. The third kappa shape index (κ3) is 2.83. The number of aromatic hydroxyl groups is 1. The van der Waals surface area contributed by atoms with Crippen molar-refractivity contribution in [2.75, 3.05) is 0 Å². The van der Waals surface area contributed by atoms with Crippen LogP contribution >= 0.6 is 11.3 Å². The molecule has 0 aliphatic heterocycles. The van der Waals surface area contributed by atoms with Gasteiger partial charge in [-0.05, 0) is 30.3 Å². The zero-order chi connectivity index (χ0) is 14.8. The van der Waals surface area contributed by atoms with Crippen LogP contribution in [-0.4, -0.2) is 16.2 Å². The summed E-state index contributed by atoms with van der Waals surface area (Å²) in [5.41, 5.74) is 0.298. The molecule has 0 amide bonds. The van der Waals surface area contributed by atoms with Crippen molar-refractivity contribution in [3.8, 4) is 11.5 Å². The molecule has 1 aromatic heterocycles. The summed E-state index contributed by atoms with van der Waals surface area (Å²) in [4.78, 5) is 12.1. The number of thiophene rings is 1. The first kappa shape index (κ1) is 13.5. The standard InChI is InChI=1S/C16H12O4S/c17-10-3-1-4-11(7-10)20-9-12-8-14-13(16(18)19)5-2-6-15(14)21-12/h1-8,17H,9H2,(H,18,19). The number of aromatic carboxylic acids is 1. The largest absolute Gasteiger partial charge is 0.508 e. The van der Waals surface area contributed by atoms with E-state index in [0.717, 1.165) is 15.0 Å². The van der Waals surface area contributed by atoms with Gasteiger partial charge in [0, 0.05) is 21.0 Å². The van der Waals surface area contributed by atoms with Crippen molar-refractivity contribution in [2.24, 2.45) is 0 Å². The van der Waals surface area contributed by atoms with Gasteiger partial charge in [0.25, 0.3) is 0 Å². The molecule has 2 N–H and O–H groups in total. The van der Waals surface area contributed by atoms with Crippen LogP contribution in [0.5, 0.6) is 11.5 Å². The summed E-state index contributed by atoms with van der Waals surface area (Å²) >= 11 is 1.50. The molecule has 21 heavy (non-hydrogen) atoms. The lowest BCUT2D eigenvalue weighted by Crippen LogP contribution is -1.95. The van der Waals surface area contributed by atoms with Crippen LogP contribution in [-0.2, 0) is 6.61 Å². The van der Waals surface area contributed by atoms with Gasteiger partial charge in [-0.3, -0.25) is 0 Å². The molecule has 0 aliphatic carbocycles. The Balaban J connectivity index is 1.85. The molecular weight excluding hydrogens is 288 g/mol. The number of rotatable bonds is 4. The van der Waals surface area contributed by atoms with E-state index in [1.807, 2.05) is 12.1 Å². The minimum atomic E-state index is -0.932. The number of hydrogen-bond acceptors (Lipinski definition) is 4. The number of phenolic OH excluding ortho intramolecular Hbond substituents is 1. The molecule has 0 aliphatic rings. The second-order valence-corrected chi connectivity index (χ2v) is 5.69. The van der Waals surface area contributed by atoms with Crippen molar-refractivity contribution < 1.29 is 19.7 Å². The molecule has 2 aromatic carbocycles. The number of carbonyl (C=O) groups is 1. The molecular formula is C16H12O4S. The maximum Gasteiger partial charge on any atom is 0.336 e. The Morgan fingerprint density at radius 2 is 1.95 bits per heavy atom. The van der Waals surface area contributed by atoms with Crippen molar-refractivity contribution >= 4 is 27.4 Å². The second kappa shape index (κ2) is 5.46. The highest BCUT2D eigenvalue weighted by molar-refractivity contribution is 7.19. The number of hydrogen-bond donors (Lipinski definition) is 2. The first-order valence-electron chi connectivity index (χ1n) is 6.30. The monoisotopic (exact) mass is 300 g/mol. The fraction of sp³-hybridized carbons (Fsp3) is 0.0625. The number of fused-ring (bicyclic) bond motifs is 1. The molecule has 0 radical (unpaired) electrons. The Labute approximate surface area is 124 Å². The van der Waals surface area contributed by atoms with Crippen molar-refractivity contribution in [1.82, 2.24) is 0 Å². The normalized spacial score (nSPS) is 10.7. The van der Waals surface area contributed by atoms with E-state index in [2.05, 4.69) is 0 Å². The molecule has 0 spiro atoms. The van der Waals surface area contributed by atoms with Gasteiger partial charge in [0.15, 0.2) is 0 Å². The van der Waals surface area contributed by atoms with Crippen LogP contribution in [0.25, 0.3) is 10.1 Å². The van der Waals surface area contributed by atoms with Crippen LogP contribution in [0, 0.1) is 0 Å². The molecule has 106 valence electrons. The number of phenols is 1. The first-order chi connectivity index (χ1) is 10.1. The van der Waals surface area contributed by atoms with Crippen LogP contribution in [0.4, 0.5) is 0 Å². The topological polar surface area (TPSA) is 66.8 Å². The molecule has 4 nitrogen and oxygen atoms in total. The van der Waals surface area contributed by atoms with Crippen molar-refractivity contribution in [1.29, 1.82) is 0 Å². The zero-order valence-electron chi connectivity index (χ0n) is 10.9. The van der Waals surface area contributed by atoms with Crippen molar-refractivity contribution in [2.45, 2.75) is 6.61 Å². The maximum absolute atomic E-state index is 11.2. The third-order valence-corrected chi connectivity index (χ3v) is 4.12. The zero-order valence-corrected chi connectivity index (χ0v) is 11.8. The van der Waals surface area contributed by atoms with Crippen LogP contribution in [0.2, 0.25) is 0 Å². The second-order valence-electron chi connectivity index (χ2n) is 4.52. The molecule has 5 heteroatoms. The summed E-state index contributed by atoms with van der Waals surface area (Å²) < 4.78 is 6.53. The lowest BCUT2D eigenvalue weighted by molar-refractivity contribution is 0.0699. The highest BCUT2D eigenvalue weighted by atomic mass is 32.1. The van der Waals surface area contributed by atoms with E-state index < -0.39 is 5.97 Å². The predicted molar refractivity (Wildman–Crippen MR) is 81.2 cm³/mol. The van der Waals surface area contributed by atoms with Gasteiger partial charge in [-0.2, -0.15) is 0 Å². The van der Waals surface area contributed by atoms with Gasteiger partial charge in [-0.1, -0.05) is 12.1 Å². The highest BCUT2D eigenvalue weighted by Gasteiger charge is 2.11. The van der Waals surface area contributed by atoms with Crippen LogP contribution < -0.4 is 4.74 Å². The van der Waals surface area contributed by atoms with E-state index in [9.17, 15) is 15.0 Å². The number of carboxylic acids is 1. The fourth-order valence-corrected chi connectivity index (χ4v) is 3.10. The number of carboxylic acid groups (broad SMARTS) is 1. The molecule has 3 rings (SSSR count). The van der Waals surface area contributed by atoms with Gasteiger partial charge in [0.2, 0.25) is 0 Å². The van der Waals surface area contributed by atoms with Crippen molar-refractivity contribution in [3.63, 3.8) is 0 Å². The number of benzene rings is 2. The molecule has 0 unspecified atom stereocenters. The lowest BCUT2D eigenvalue weighted by Gasteiger charge is -2.04. The van der Waals surface area contributed by atoms with Gasteiger partial charge in [0.05, 0.1) is 5.56 Å². The Hall–Kier alpha value is -2.53. The van der Waals surface area contributed by atoms with E-state index in [1.165, 1.54) is 17.4 Å². The van der Waals surface area contributed by atoms with Gasteiger partial charge in [-0.25, -0.2) is 4.79 Å². The first-order valence-corrected chi connectivity index (χ1v) is 7.12. The van der Waals surface area contributed by atoms with Gasteiger partial charge < -0.3 is 14.9 Å². The van der Waals surface area contributed by atoms with E-state index in [0.29, 0.717) is 17.9 Å². The highest BCUT2D eigenvalue weighted by Crippen LogP contribution is 2.29. The molecule has 0 atom stereocenters. The third-order valence-electron chi connectivity index (χ3n) is 3.04. The van der Waals surface area contributed by atoms with E-state index in [-0.39, 0.29) is 5.75 Å². The summed E-state index contributed by atoms with van der Waals surface area (Å²) in [7, 11) is 0. The predicted octanol–water partition coefficient (Wildman–Crippen LogP) is 3.88. The Kier molecular flexibility index (Phi) is 3.50. The van der Waals surface area contributed by atoms with Gasteiger partial charge >= 0.3 is 5.97 Å². The maximum atomic E-state index is 11.2. The summed E-state index contributed by atoms with van der Waals surface area (Å²) in [5.74, 6) is -0.207. The fourth-order valence-electron chi connectivity index (χ4n) is 2.10. The minimum Gasteiger partial charge on any atom is -0.508 e. The summed E-state index contributed by atoms with van der Waals surface area (Å²) in [5, 5.41) is 19.3. The molecule has 0 saturated carbocycles. The molecule has 0 saturated heterocycles. The molecule has 0 fully saturated rings. The number of ether oxygens (including phenoxy) is 1. The molecule has 3 aromatic rings. The van der Waals surface area contributed by atoms with Crippen LogP contribution in [0.3, 0.4) is 0 Å². The lowest BCUT2D eigenvalue weighted by atomic mass is 10.1. The minimum absolute atomic E-state index is 0.150.